The number of thiophene rings is 1. The Morgan fingerprint density at radius 3 is 1.92 bits per heavy atom. The molecule has 0 bridgehead atoms. The van der Waals surface area contributed by atoms with Crippen LogP contribution >= 0.6 is 11.3 Å². The van der Waals surface area contributed by atoms with Gasteiger partial charge in [0.1, 0.15) is 5.84 Å². The predicted octanol–water partition coefficient (Wildman–Crippen LogP) is 12.2. The minimum Gasteiger partial charge on any atom is -0.383 e. The molecular formula is C47H41N3S. The molecule has 0 aliphatic rings. The van der Waals surface area contributed by atoms with Crippen LogP contribution in [-0.4, -0.2) is 12.1 Å². The molecule has 0 radical (unpaired) electrons. The molecule has 0 aliphatic carbocycles. The van der Waals surface area contributed by atoms with Gasteiger partial charge in [-0.3, -0.25) is 4.99 Å². The summed E-state index contributed by atoms with van der Waals surface area (Å²) < 4.78 is 1.27. The number of aryl methyl sites for hydroxylation is 1. The van der Waals surface area contributed by atoms with Gasteiger partial charge in [-0.15, -0.1) is 11.3 Å². The molecule has 1 heterocycles. The summed E-state index contributed by atoms with van der Waals surface area (Å²) in [5.74, 6) is 0.440. The highest BCUT2D eigenvalue weighted by Gasteiger charge is 2.15. The fourth-order valence-corrected chi connectivity index (χ4v) is 6.94. The smallest absolute Gasteiger partial charge is 0.167 e. The van der Waals surface area contributed by atoms with Gasteiger partial charge in [0, 0.05) is 32.3 Å². The number of aliphatic imine (C=N–C) groups is 2. The van der Waals surface area contributed by atoms with E-state index in [1.54, 1.807) is 11.3 Å². The molecule has 0 saturated carbocycles. The molecule has 51 heavy (non-hydrogen) atoms. The number of rotatable bonds is 9. The second-order valence-corrected chi connectivity index (χ2v) is 13.6. The summed E-state index contributed by atoms with van der Waals surface area (Å²) in [4.78, 5) is 10.9. The Morgan fingerprint density at radius 2 is 1.24 bits per heavy atom. The van der Waals surface area contributed by atoms with E-state index in [1.807, 2.05) is 92.0 Å². The molecule has 4 heteroatoms. The molecule has 1 unspecified atom stereocenters. The molecule has 0 amide bonds. The van der Waals surface area contributed by atoms with E-state index in [0.717, 1.165) is 33.4 Å². The minimum atomic E-state index is -0.443. The van der Waals surface area contributed by atoms with Crippen LogP contribution in [0.4, 0.5) is 0 Å². The van der Waals surface area contributed by atoms with Crippen molar-refractivity contribution in [3.05, 3.63) is 215 Å². The van der Waals surface area contributed by atoms with Crippen molar-refractivity contribution in [1.29, 1.82) is 0 Å². The number of hydrogen-bond acceptors (Lipinski definition) is 3. The third-order valence-corrected chi connectivity index (χ3v) is 9.67. The monoisotopic (exact) mass is 679 g/mol. The van der Waals surface area contributed by atoms with E-state index in [4.69, 9.17) is 15.7 Å². The lowest BCUT2D eigenvalue weighted by atomic mass is 9.95. The first kappa shape index (κ1) is 34.8. The zero-order chi connectivity index (χ0) is 35.6. The first-order valence-electron chi connectivity index (χ1n) is 16.9. The Labute approximate surface area is 305 Å². The van der Waals surface area contributed by atoms with Crippen LogP contribution in [0.15, 0.2) is 187 Å². The minimum absolute atomic E-state index is 0.440. The average molecular weight is 680 g/mol. The van der Waals surface area contributed by atoms with Gasteiger partial charge in [0.25, 0.3) is 0 Å². The zero-order valence-corrected chi connectivity index (χ0v) is 29.9. The van der Waals surface area contributed by atoms with Crippen molar-refractivity contribution in [2.24, 2.45) is 15.7 Å². The van der Waals surface area contributed by atoms with Crippen molar-refractivity contribution in [2.75, 3.05) is 0 Å². The standard InChI is InChI=1S/C32H27N3S.C15H14/c1-22(30-23(2)36-29-19-10-9-18-28(29)30)26-16-11-17-27(20-26)31(33)35-32(25-14-7-4-8-15-25)34-21-24-12-5-3-6-13-24;1-12(2)13-8-10-15(11-9-13)14-6-4-3-5-7-14/h3-21,32H,1H2,2H3,(H2,33,35);3-11H,1H2,2H3/b34-21+;. The van der Waals surface area contributed by atoms with Crippen LogP contribution in [0.5, 0.6) is 0 Å². The van der Waals surface area contributed by atoms with E-state index >= 15 is 0 Å². The quantitative estimate of drug-likeness (QED) is 0.120. The second kappa shape index (κ2) is 16.5. The highest BCUT2D eigenvalue weighted by molar-refractivity contribution is 7.19. The van der Waals surface area contributed by atoms with Crippen molar-refractivity contribution in [3.8, 4) is 11.1 Å². The third kappa shape index (κ3) is 8.74. The molecule has 7 aromatic rings. The number of nitrogens with zero attached hydrogens (tertiary/aromatic N) is 2. The zero-order valence-electron chi connectivity index (χ0n) is 29.0. The first-order chi connectivity index (χ1) is 24.9. The van der Waals surface area contributed by atoms with Gasteiger partial charge in [0.15, 0.2) is 6.17 Å². The summed E-state index contributed by atoms with van der Waals surface area (Å²) in [6.07, 6.45) is 1.40. The fraction of sp³-hybridized carbons (Fsp3) is 0.0638. The van der Waals surface area contributed by atoms with Crippen molar-refractivity contribution >= 4 is 44.6 Å². The molecule has 0 spiro atoms. The van der Waals surface area contributed by atoms with Gasteiger partial charge in [-0.1, -0.05) is 170 Å². The van der Waals surface area contributed by atoms with Crippen molar-refractivity contribution in [1.82, 2.24) is 0 Å². The molecule has 250 valence electrons. The number of allylic oxidation sites excluding steroid dienone is 1. The van der Waals surface area contributed by atoms with E-state index in [-0.39, 0.29) is 0 Å². The summed E-state index contributed by atoms with van der Waals surface area (Å²) in [5.41, 5.74) is 17.4. The van der Waals surface area contributed by atoms with Gasteiger partial charge in [0.2, 0.25) is 0 Å². The number of benzene rings is 6. The number of nitrogens with two attached hydrogens (primary N) is 1. The lowest BCUT2D eigenvalue weighted by molar-refractivity contribution is 0.781. The summed E-state index contributed by atoms with van der Waals surface area (Å²) in [7, 11) is 0. The van der Waals surface area contributed by atoms with E-state index in [0.29, 0.717) is 5.84 Å². The highest BCUT2D eigenvalue weighted by atomic mass is 32.1. The molecular weight excluding hydrogens is 639 g/mol. The summed E-state index contributed by atoms with van der Waals surface area (Å²) >= 11 is 1.80. The van der Waals surface area contributed by atoms with E-state index in [9.17, 15) is 0 Å². The summed E-state index contributed by atoms with van der Waals surface area (Å²) in [6, 6.07) is 55.5. The van der Waals surface area contributed by atoms with Gasteiger partial charge in [-0.25, -0.2) is 4.99 Å². The first-order valence-corrected chi connectivity index (χ1v) is 17.7. The number of amidine groups is 1. The van der Waals surface area contributed by atoms with Crippen LogP contribution in [0.3, 0.4) is 0 Å². The van der Waals surface area contributed by atoms with Crippen LogP contribution < -0.4 is 5.73 Å². The van der Waals surface area contributed by atoms with Gasteiger partial charge in [0.05, 0.1) is 0 Å². The Balaban J connectivity index is 0.000000249. The Kier molecular flexibility index (Phi) is 11.3. The molecule has 7 rings (SSSR count). The SMILES string of the molecule is C=C(C)c1ccc(-c2ccccc2)cc1.C=C(c1cccc(/C(N)=N/C(/N=C/c2ccccc2)c2ccccc2)c1)c1c(C)sc2ccccc12. The maximum atomic E-state index is 6.56. The second-order valence-electron chi connectivity index (χ2n) is 12.3. The number of fused-ring (bicyclic) bond motifs is 1. The maximum Gasteiger partial charge on any atom is 0.167 e. The summed E-state index contributed by atoms with van der Waals surface area (Å²) in [5, 5.41) is 1.23. The number of hydrogen-bond donors (Lipinski definition) is 1. The average Bonchev–Trinajstić information content (AvgIpc) is 3.53. The van der Waals surface area contributed by atoms with E-state index in [2.05, 4.69) is 105 Å². The van der Waals surface area contributed by atoms with Gasteiger partial charge in [-0.05, 0) is 64.9 Å². The molecule has 0 fully saturated rings. The molecule has 0 aliphatic heterocycles. The van der Waals surface area contributed by atoms with Crippen molar-refractivity contribution in [3.63, 3.8) is 0 Å². The van der Waals surface area contributed by atoms with Crippen LogP contribution in [0.2, 0.25) is 0 Å². The Hall–Kier alpha value is -6.10. The van der Waals surface area contributed by atoms with Crippen LogP contribution in [0.25, 0.3) is 32.4 Å². The normalized spacial score (nSPS) is 11.9. The summed E-state index contributed by atoms with van der Waals surface area (Å²) in [6.45, 7) is 12.6. The van der Waals surface area contributed by atoms with E-state index in [1.165, 1.54) is 37.2 Å². The van der Waals surface area contributed by atoms with Crippen molar-refractivity contribution < 1.29 is 0 Å². The van der Waals surface area contributed by atoms with Crippen LogP contribution in [0.1, 0.15) is 51.3 Å². The van der Waals surface area contributed by atoms with Gasteiger partial charge < -0.3 is 5.73 Å². The molecule has 1 aromatic heterocycles. The Bertz CT molecular complexity index is 2300. The lowest BCUT2D eigenvalue weighted by Crippen LogP contribution is -2.15. The van der Waals surface area contributed by atoms with Crippen LogP contribution in [0, 0.1) is 6.92 Å². The predicted molar refractivity (Wildman–Crippen MR) is 222 cm³/mol. The van der Waals surface area contributed by atoms with Gasteiger partial charge in [-0.2, -0.15) is 0 Å². The molecule has 2 N–H and O–H groups in total. The lowest BCUT2D eigenvalue weighted by Gasteiger charge is -2.12. The highest BCUT2D eigenvalue weighted by Crippen LogP contribution is 2.37. The molecule has 6 aromatic carbocycles. The topological polar surface area (TPSA) is 50.7 Å². The van der Waals surface area contributed by atoms with E-state index < -0.39 is 6.17 Å². The Morgan fingerprint density at radius 1 is 0.647 bits per heavy atom. The molecule has 3 nitrogen and oxygen atoms in total. The van der Waals surface area contributed by atoms with Crippen LogP contribution in [-0.2, 0) is 0 Å². The third-order valence-electron chi connectivity index (χ3n) is 8.59. The van der Waals surface area contributed by atoms with Gasteiger partial charge >= 0.3 is 0 Å². The van der Waals surface area contributed by atoms with Crippen molar-refractivity contribution in [2.45, 2.75) is 20.0 Å². The fourth-order valence-electron chi connectivity index (χ4n) is 5.85. The molecule has 0 saturated heterocycles. The maximum absolute atomic E-state index is 6.56. The molecule has 1 atom stereocenters. The largest absolute Gasteiger partial charge is 0.383 e.